The van der Waals surface area contributed by atoms with Crippen LogP contribution in [0, 0.1) is 0 Å². The largest absolute Gasteiger partial charge is 0.299 e. The third-order valence-corrected chi connectivity index (χ3v) is 4.50. The van der Waals surface area contributed by atoms with Crippen LogP contribution >= 0.6 is 35.3 Å². The zero-order valence-corrected chi connectivity index (χ0v) is 10.9. The standard InChI is InChI=1S/C6H14S3.C3H4O/c1-7-5-4-6(8-2)9-3;1-2-3-4/h6H,4-5H2,1-3H3;2-3H,1H2. The molecule has 0 rings (SSSR count). The first-order valence-corrected chi connectivity index (χ1v) is 7.84. The maximum Gasteiger partial charge on any atom is 0.142 e. The summed E-state index contributed by atoms with van der Waals surface area (Å²) in [7, 11) is 0. The van der Waals surface area contributed by atoms with Crippen LogP contribution in [0.4, 0.5) is 0 Å². The Labute approximate surface area is 94.5 Å². The van der Waals surface area contributed by atoms with Crippen molar-refractivity contribution in [3.8, 4) is 0 Å². The molecule has 0 aromatic carbocycles. The second kappa shape index (κ2) is 15.0. The highest BCUT2D eigenvalue weighted by Crippen LogP contribution is 2.22. The number of hydrogen-bond acceptors (Lipinski definition) is 4. The second-order valence-corrected chi connectivity index (χ2v) is 5.42. The Morgan fingerprint density at radius 1 is 1.31 bits per heavy atom. The summed E-state index contributed by atoms with van der Waals surface area (Å²) in [4.78, 5) is 9.06. The lowest BCUT2D eigenvalue weighted by atomic mass is 10.6. The normalized spacial score (nSPS) is 8.92. The van der Waals surface area contributed by atoms with Crippen LogP contribution in [0.15, 0.2) is 12.7 Å². The van der Waals surface area contributed by atoms with Gasteiger partial charge in [-0.05, 0) is 37.0 Å². The Bertz CT molecular complexity index is 107. The zero-order chi connectivity index (χ0) is 10.5. The fraction of sp³-hybridized carbons (Fsp3) is 0.667. The van der Waals surface area contributed by atoms with E-state index in [1.165, 1.54) is 18.2 Å². The molecule has 0 aliphatic carbocycles. The number of thioether (sulfide) groups is 3. The van der Waals surface area contributed by atoms with Crippen molar-refractivity contribution in [2.75, 3.05) is 24.5 Å². The lowest BCUT2D eigenvalue weighted by Gasteiger charge is -2.08. The quantitative estimate of drug-likeness (QED) is 0.401. The van der Waals surface area contributed by atoms with Gasteiger partial charge in [0.2, 0.25) is 0 Å². The lowest BCUT2D eigenvalue weighted by molar-refractivity contribution is -0.104. The number of allylic oxidation sites excluding steroid dienone is 1. The molecule has 0 bridgehead atoms. The maximum absolute atomic E-state index is 9.06. The Morgan fingerprint density at radius 3 is 2.00 bits per heavy atom. The Balaban J connectivity index is 0. The van der Waals surface area contributed by atoms with Crippen molar-refractivity contribution in [1.82, 2.24) is 0 Å². The van der Waals surface area contributed by atoms with Crippen LogP contribution in [0.1, 0.15) is 6.42 Å². The van der Waals surface area contributed by atoms with Gasteiger partial charge in [-0.1, -0.05) is 6.58 Å². The number of carbonyl (C=O) groups excluding carboxylic acids is 1. The van der Waals surface area contributed by atoms with E-state index in [-0.39, 0.29) is 0 Å². The minimum Gasteiger partial charge on any atom is -0.299 e. The number of aldehydes is 1. The van der Waals surface area contributed by atoms with Crippen molar-refractivity contribution < 1.29 is 4.79 Å². The lowest BCUT2D eigenvalue weighted by Crippen LogP contribution is -1.95. The molecule has 0 atom stereocenters. The summed E-state index contributed by atoms with van der Waals surface area (Å²) < 4.78 is 0.817. The van der Waals surface area contributed by atoms with Crippen molar-refractivity contribution in [3.63, 3.8) is 0 Å². The fourth-order valence-corrected chi connectivity index (χ4v) is 2.79. The first-order valence-electron chi connectivity index (χ1n) is 3.87. The van der Waals surface area contributed by atoms with Crippen LogP contribution in [0.3, 0.4) is 0 Å². The summed E-state index contributed by atoms with van der Waals surface area (Å²) in [6, 6.07) is 0. The predicted octanol–water partition coefficient (Wildman–Crippen LogP) is 3.16. The van der Waals surface area contributed by atoms with Gasteiger partial charge in [-0.2, -0.15) is 35.3 Å². The van der Waals surface area contributed by atoms with Gasteiger partial charge in [0.05, 0.1) is 4.58 Å². The molecule has 0 heterocycles. The van der Waals surface area contributed by atoms with Gasteiger partial charge in [0, 0.05) is 0 Å². The van der Waals surface area contributed by atoms with Crippen molar-refractivity contribution in [2.45, 2.75) is 11.0 Å². The highest BCUT2D eigenvalue weighted by molar-refractivity contribution is 8.16. The van der Waals surface area contributed by atoms with Gasteiger partial charge in [0.15, 0.2) is 0 Å². The smallest absolute Gasteiger partial charge is 0.142 e. The number of hydrogen-bond donors (Lipinski definition) is 0. The molecular weight excluding hydrogens is 220 g/mol. The number of rotatable bonds is 6. The van der Waals surface area contributed by atoms with Crippen molar-refractivity contribution >= 4 is 41.6 Å². The molecule has 78 valence electrons. The molecule has 0 fully saturated rings. The van der Waals surface area contributed by atoms with Crippen molar-refractivity contribution in [2.24, 2.45) is 0 Å². The molecule has 0 radical (unpaired) electrons. The summed E-state index contributed by atoms with van der Waals surface area (Å²) in [5.41, 5.74) is 0. The molecule has 0 aromatic rings. The van der Waals surface area contributed by atoms with Gasteiger partial charge in [-0.25, -0.2) is 0 Å². The summed E-state index contributed by atoms with van der Waals surface area (Å²) in [5.74, 6) is 1.30. The molecule has 0 aliphatic rings. The van der Waals surface area contributed by atoms with Crippen LogP contribution in [0.2, 0.25) is 0 Å². The maximum atomic E-state index is 9.06. The van der Waals surface area contributed by atoms with E-state index in [2.05, 4.69) is 25.3 Å². The van der Waals surface area contributed by atoms with Gasteiger partial charge in [-0.3, -0.25) is 4.79 Å². The topological polar surface area (TPSA) is 17.1 Å². The van der Waals surface area contributed by atoms with E-state index in [9.17, 15) is 0 Å². The van der Waals surface area contributed by atoms with E-state index in [4.69, 9.17) is 4.79 Å². The summed E-state index contributed by atoms with van der Waals surface area (Å²) >= 11 is 5.85. The van der Waals surface area contributed by atoms with Gasteiger partial charge in [0.1, 0.15) is 6.29 Å². The predicted molar refractivity (Wildman–Crippen MR) is 70.1 cm³/mol. The van der Waals surface area contributed by atoms with E-state index in [1.807, 2.05) is 35.3 Å². The zero-order valence-electron chi connectivity index (χ0n) is 8.49. The molecule has 0 saturated heterocycles. The Morgan fingerprint density at radius 2 is 1.77 bits per heavy atom. The molecule has 0 aromatic heterocycles. The first kappa shape index (κ1) is 15.9. The highest BCUT2D eigenvalue weighted by atomic mass is 32.2. The van der Waals surface area contributed by atoms with Crippen molar-refractivity contribution in [3.05, 3.63) is 12.7 Å². The SMILES string of the molecule is C=CC=O.CSCCC(SC)SC. The molecule has 13 heavy (non-hydrogen) atoms. The Kier molecular flexibility index (Phi) is 18.3. The second-order valence-electron chi connectivity index (χ2n) is 2.05. The molecule has 0 saturated carbocycles. The third kappa shape index (κ3) is 15.2. The van der Waals surface area contributed by atoms with Gasteiger partial charge >= 0.3 is 0 Å². The van der Waals surface area contributed by atoms with Crippen LogP contribution < -0.4 is 0 Å². The van der Waals surface area contributed by atoms with Gasteiger partial charge in [0.25, 0.3) is 0 Å². The fourth-order valence-electron chi connectivity index (χ4n) is 0.546. The van der Waals surface area contributed by atoms with E-state index in [0.717, 1.165) is 4.58 Å². The van der Waals surface area contributed by atoms with Crippen LogP contribution in [0.25, 0.3) is 0 Å². The molecule has 1 nitrogen and oxygen atoms in total. The summed E-state index contributed by atoms with van der Waals surface area (Å²) in [6.45, 7) is 3.11. The number of carbonyl (C=O) groups is 1. The van der Waals surface area contributed by atoms with E-state index >= 15 is 0 Å². The molecule has 0 aliphatic heterocycles. The van der Waals surface area contributed by atoms with Gasteiger partial charge < -0.3 is 0 Å². The van der Waals surface area contributed by atoms with Gasteiger partial charge in [-0.15, -0.1) is 0 Å². The van der Waals surface area contributed by atoms with E-state index in [1.54, 1.807) is 0 Å². The Hall–Kier alpha value is 0.460. The van der Waals surface area contributed by atoms with Crippen molar-refractivity contribution in [1.29, 1.82) is 0 Å². The van der Waals surface area contributed by atoms with E-state index in [0.29, 0.717) is 6.29 Å². The average molecular weight is 238 g/mol. The van der Waals surface area contributed by atoms with Crippen LogP contribution in [-0.2, 0) is 4.79 Å². The summed E-state index contributed by atoms with van der Waals surface area (Å²) in [6.07, 6.45) is 9.70. The molecule has 0 unspecified atom stereocenters. The molecule has 0 spiro atoms. The highest BCUT2D eigenvalue weighted by Gasteiger charge is 2.01. The first-order chi connectivity index (χ1) is 6.26. The summed E-state index contributed by atoms with van der Waals surface area (Å²) in [5, 5.41) is 0. The minimum atomic E-state index is 0.639. The minimum absolute atomic E-state index is 0.639. The average Bonchev–Trinajstić information content (AvgIpc) is 2.20. The third-order valence-electron chi connectivity index (χ3n) is 1.18. The molecule has 0 N–H and O–H groups in total. The molecule has 4 heteroatoms. The van der Waals surface area contributed by atoms with Crippen LogP contribution in [0.5, 0.6) is 0 Å². The van der Waals surface area contributed by atoms with Crippen LogP contribution in [-0.4, -0.2) is 35.4 Å². The molecule has 0 amide bonds. The molecular formula is C9H18OS3. The monoisotopic (exact) mass is 238 g/mol. The van der Waals surface area contributed by atoms with E-state index < -0.39 is 0 Å².